The maximum Gasteiger partial charge on any atom is 0.134 e. The molecule has 1 aliphatic rings. The van der Waals surface area contributed by atoms with Crippen molar-refractivity contribution < 1.29 is 0 Å². The van der Waals surface area contributed by atoms with Crippen molar-refractivity contribution in [2.45, 2.75) is 18.7 Å². The molecule has 0 atom stereocenters. The van der Waals surface area contributed by atoms with Crippen LogP contribution in [0.1, 0.15) is 13.8 Å². The van der Waals surface area contributed by atoms with E-state index < -0.39 is 0 Å². The molecule has 0 aliphatic carbocycles. The molecule has 0 aromatic heterocycles. The van der Waals surface area contributed by atoms with Crippen LogP contribution < -0.4 is 0 Å². The van der Waals surface area contributed by atoms with Gasteiger partial charge in [-0.3, -0.25) is 0 Å². The van der Waals surface area contributed by atoms with Crippen LogP contribution in [0.4, 0.5) is 0 Å². The normalized spacial score (nSPS) is 23.3. The van der Waals surface area contributed by atoms with Crippen molar-refractivity contribution in [2.75, 3.05) is 12.3 Å². The van der Waals surface area contributed by atoms with Gasteiger partial charge >= 0.3 is 0 Å². The Hall–Kier alpha value is 0.590. The van der Waals surface area contributed by atoms with Crippen molar-refractivity contribution in [2.24, 2.45) is 0 Å². The molecule has 1 rings (SSSR count). The third-order valence-electron chi connectivity index (χ3n) is 1.65. The van der Waals surface area contributed by atoms with Gasteiger partial charge in [0.05, 0.1) is 4.87 Å². The average Bonchev–Trinajstić information content (AvgIpc) is 2.08. The zero-order valence-corrected chi connectivity index (χ0v) is 8.65. The SMILES string of the molecule is CC1(C)SCCN1C(=S)S. The molecule has 0 aromatic carbocycles. The minimum atomic E-state index is 0.166. The Bertz CT molecular complexity index is 155. The summed E-state index contributed by atoms with van der Waals surface area (Å²) in [5, 5.41) is 0. The van der Waals surface area contributed by atoms with Crippen molar-refractivity contribution >= 4 is 40.9 Å². The Kier molecular flexibility index (Phi) is 2.53. The molecule has 1 saturated heterocycles. The minimum absolute atomic E-state index is 0.166. The molecule has 0 amide bonds. The lowest BCUT2D eigenvalue weighted by molar-refractivity contribution is 0.367. The van der Waals surface area contributed by atoms with Gasteiger partial charge in [0.15, 0.2) is 0 Å². The van der Waals surface area contributed by atoms with Crippen molar-refractivity contribution in [3.63, 3.8) is 0 Å². The van der Waals surface area contributed by atoms with Crippen LogP contribution in [0.3, 0.4) is 0 Å². The molecular weight excluding hydrogens is 182 g/mol. The zero-order valence-electron chi connectivity index (χ0n) is 6.13. The Morgan fingerprint density at radius 3 is 2.50 bits per heavy atom. The fraction of sp³-hybridized carbons (Fsp3) is 0.833. The van der Waals surface area contributed by atoms with Crippen molar-refractivity contribution in [1.82, 2.24) is 4.90 Å². The van der Waals surface area contributed by atoms with Gasteiger partial charge in [0.2, 0.25) is 0 Å². The van der Waals surface area contributed by atoms with Gasteiger partial charge in [-0.25, -0.2) is 0 Å². The zero-order chi connectivity index (χ0) is 7.78. The highest BCUT2D eigenvalue weighted by Crippen LogP contribution is 2.35. The quantitative estimate of drug-likeness (QED) is 0.463. The second-order valence-electron chi connectivity index (χ2n) is 2.73. The summed E-state index contributed by atoms with van der Waals surface area (Å²) in [5.41, 5.74) is 0. The highest BCUT2D eigenvalue weighted by atomic mass is 32.2. The fourth-order valence-corrected chi connectivity index (χ4v) is 2.97. The summed E-state index contributed by atoms with van der Waals surface area (Å²) in [7, 11) is 0. The third kappa shape index (κ3) is 1.60. The summed E-state index contributed by atoms with van der Waals surface area (Å²) in [5.74, 6) is 1.16. The highest BCUT2D eigenvalue weighted by molar-refractivity contribution is 8.11. The monoisotopic (exact) mass is 193 g/mol. The van der Waals surface area contributed by atoms with Gasteiger partial charge in [-0.05, 0) is 13.8 Å². The second kappa shape index (κ2) is 2.91. The van der Waals surface area contributed by atoms with Gasteiger partial charge in [-0.1, -0.05) is 12.2 Å². The van der Waals surface area contributed by atoms with Gasteiger partial charge in [0.1, 0.15) is 4.32 Å². The van der Waals surface area contributed by atoms with Crippen LogP contribution in [0.2, 0.25) is 0 Å². The van der Waals surface area contributed by atoms with E-state index in [1.54, 1.807) is 0 Å². The van der Waals surface area contributed by atoms with Crippen molar-refractivity contribution in [1.29, 1.82) is 0 Å². The van der Waals surface area contributed by atoms with Crippen LogP contribution in [0.15, 0.2) is 0 Å². The average molecular weight is 193 g/mol. The van der Waals surface area contributed by atoms with E-state index in [1.807, 2.05) is 11.8 Å². The summed E-state index contributed by atoms with van der Waals surface area (Å²) in [6.07, 6.45) is 0. The molecule has 1 aliphatic heterocycles. The molecule has 0 spiro atoms. The van der Waals surface area contributed by atoms with Crippen LogP contribution >= 0.6 is 36.6 Å². The summed E-state index contributed by atoms with van der Waals surface area (Å²) in [6, 6.07) is 0. The van der Waals surface area contributed by atoms with Crippen LogP contribution in [0, 0.1) is 0 Å². The Balaban J connectivity index is 2.68. The first-order valence-corrected chi connectivity index (χ1v) is 5.03. The van der Waals surface area contributed by atoms with Crippen LogP contribution in [0.5, 0.6) is 0 Å². The molecular formula is C6H11NS3. The van der Waals surface area contributed by atoms with Crippen LogP contribution in [-0.2, 0) is 0 Å². The van der Waals surface area contributed by atoms with Crippen molar-refractivity contribution in [3.8, 4) is 0 Å². The predicted molar refractivity (Wildman–Crippen MR) is 54.8 cm³/mol. The smallest absolute Gasteiger partial charge is 0.134 e. The number of thiocarbonyl (C=S) groups is 1. The van der Waals surface area contributed by atoms with E-state index in [0.29, 0.717) is 0 Å². The number of thioether (sulfide) groups is 1. The van der Waals surface area contributed by atoms with Crippen LogP contribution in [-0.4, -0.2) is 26.4 Å². The van der Waals surface area contributed by atoms with E-state index in [-0.39, 0.29) is 4.87 Å². The van der Waals surface area contributed by atoms with Gasteiger partial charge < -0.3 is 4.90 Å². The third-order valence-corrected chi connectivity index (χ3v) is 3.43. The fourth-order valence-electron chi connectivity index (χ4n) is 1.06. The van der Waals surface area contributed by atoms with E-state index in [1.165, 1.54) is 0 Å². The largest absolute Gasteiger partial charge is 0.343 e. The predicted octanol–water partition coefficient (Wildman–Crippen LogP) is 1.99. The Morgan fingerprint density at radius 2 is 2.30 bits per heavy atom. The van der Waals surface area contributed by atoms with Crippen LogP contribution in [0.25, 0.3) is 0 Å². The Morgan fingerprint density at radius 1 is 1.70 bits per heavy atom. The number of hydrogen-bond donors (Lipinski definition) is 1. The molecule has 4 heteroatoms. The molecule has 1 nitrogen and oxygen atoms in total. The lowest BCUT2D eigenvalue weighted by Crippen LogP contribution is -2.37. The minimum Gasteiger partial charge on any atom is -0.343 e. The molecule has 58 valence electrons. The molecule has 0 unspecified atom stereocenters. The molecule has 10 heavy (non-hydrogen) atoms. The van der Waals surface area contributed by atoms with E-state index in [0.717, 1.165) is 16.6 Å². The maximum absolute atomic E-state index is 4.98. The van der Waals surface area contributed by atoms with E-state index >= 15 is 0 Å². The van der Waals surface area contributed by atoms with Gasteiger partial charge in [0.25, 0.3) is 0 Å². The first kappa shape index (κ1) is 8.68. The summed E-state index contributed by atoms with van der Waals surface area (Å²) < 4.78 is 0.718. The lowest BCUT2D eigenvalue weighted by atomic mass is 10.3. The van der Waals surface area contributed by atoms with Gasteiger partial charge in [0, 0.05) is 12.3 Å². The highest BCUT2D eigenvalue weighted by Gasteiger charge is 2.32. The molecule has 0 radical (unpaired) electrons. The summed E-state index contributed by atoms with van der Waals surface area (Å²) in [6.45, 7) is 5.39. The number of hydrogen-bond acceptors (Lipinski definition) is 2. The Labute approximate surface area is 77.0 Å². The van der Waals surface area contributed by atoms with Crippen molar-refractivity contribution in [3.05, 3.63) is 0 Å². The molecule has 1 fully saturated rings. The molecule has 0 saturated carbocycles. The first-order chi connectivity index (χ1) is 4.54. The first-order valence-electron chi connectivity index (χ1n) is 3.18. The number of nitrogens with zero attached hydrogens (tertiary/aromatic N) is 1. The van der Waals surface area contributed by atoms with E-state index in [2.05, 4.69) is 31.4 Å². The van der Waals surface area contributed by atoms with Gasteiger partial charge in [-0.2, -0.15) is 0 Å². The molecule has 1 heterocycles. The maximum atomic E-state index is 4.98. The van der Waals surface area contributed by atoms with Gasteiger partial charge in [-0.15, -0.1) is 24.4 Å². The standard InChI is InChI=1S/C6H11NS3/c1-6(2)7(5(8)9)3-4-10-6/h3-4H2,1-2H3,(H,8,9). The van der Waals surface area contributed by atoms with E-state index in [4.69, 9.17) is 12.2 Å². The molecule has 0 aromatic rings. The summed E-state index contributed by atoms with van der Waals surface area (Å²) in [4.78, 5) is 2.31. The lowest BCUT2D eigenvalue weighted by Gasteiger charge is -2.30. The summed E-state index contributed by atoms with van der Waals surface area (Å²) >= 11 is 11.1. The topological polar surface area (TPSA) is 3.24 Å². The molecule has 0 N–H and O–H groups in total. The number of rotatable bonds is 0. The number of thiol groups is 1. The molecule has 0 bridgehead atoms. The van der Waals surface area contributed by atoms with E-state index in [9.17, 15) is 0 Å². The second-order valence-corrected chi connectivity index (χ2v) is 5.54.